The number of aryl methyl sites for hydroxylation is 1. The van der Waals surface area contributed by atoms with Gasteiger partial charge in [-0.15, -0.1) is 12.4 Å². The number of nitrogens with zero attached hydrogens (tertiary/aromatic N) is 1. The molecule has 0 saturated heterocycles. The first kappa shape index (κ1) is 30.9. The molecule has 0 radical (unpaired) electrons. The number of benzene rings is 2. The van der Waals surface area contributed by atoms with E-state index in [1.807, 2.05) is 19.2 Å². The van der Waals surface area contributed by atoms with Crippen molar-refractivity contribution < 1.29 is 31.8 Å². The van der Waals surface area contributed by atoms with E-state index in [2.05, 4.69) is 18.7 Å². The summed E-state index contributed by atoms with van der Waals surface area (Å²) in [5.41, 5.74) is 2.20. The number of halogens is 5. The molecule has 2 aromatic rings. The Balaban J connectivity index is 0.00000481. The molecule has 0 aromatic heterocycles. The molecule has 9 heteroatoms. The third-order valence-electron chi connectivity index (χ3n) is 6.84. The van der Waals surface area contributed by atoms with Crippen molar-refractivity contribution in [2.75, 3.05) is 26.7 Å². The lowest BCUT2D eigenvalue weighted by Gasteiger charge is -2.47. The minimum Gasteiger partial charge on any atom is -0.484 e. The lowest BCUT2D eigenvalue weighted by atomic mass is 9.65. The van der Waals surface area contributed by atoms with Gasteiger partial charge >= 0.3 is 12.1 Å². The molecular weight excluding hydrogens is 510 g/mol. The molecule has 206 valence electrons. The Morgan fingerprint density at radius 1 is 1.16 bits per heavy atom. The molecule has 3 rings (SSSR count). The molecular formula is C28H36ClF4NO3. The van der Waals surface area contributed by atoms with E-state index in [0.29, 0.717) is 38.8 Å². The highest BCUT2D eigenvalue weighted by Gasteiger charge is 2.47. The number of alkyl halides is 3. The van der Waals surface area contributed by atoms with Crippen LogP contribution in [0, 0.1) is 11.7 Å². The van der Waals surface area contributed by atoms with Gasteiger partial charge in [0.2, 0.25) is 0 Å². The second-order valence-electron chi connectivity index (χ2n) is 10.1. The van der Waals surface area contributed by atoms with Crippen molar-refractivity contribution in [3.63, 3.8) is 0 Å². The fourth-order valence-electron chi connectivity index (χ4n) is 5.35. The summed E-state index contributed by atoms with van der Waals surface area (Å²) in [6.07, 6.45) is -1.86. The zero-order valence-corrected chi connectivity index (χ0v) is 22.6. The molecule has 0 heterocycles. The van der Waals surface area contributed by atoms with Crippen molar-refractivity contribution in [3.8, 4) is 5.75 Å². The van der Waals surface area contributed by atoms with Crippen LogP contribution in [0.5, 0.6) is 5.75 Å². The van der Waals surface area contributed by atoms with Crippen LogP contribution < -0.4 is 4.74 Å². The lowest BCUT2D eigenvalue weighted by molar-refractivity contribution is -0.165. The summed E-state index contributed by atoms with van der Waals surface area (Å²) in [6.45, 7) is 5.64. The number of hydrogen-bond donors (Lipinski definition) is 0. The number of esters is 1. The van der Waals surface area contributed by atoms with Crippen molar-refractivity contribution in [2.45, 2.75) is 64.1 Å². The monoisotopic (exact) mass is 545 g/mol. The van der Waals surface area contributed by atoms with Crippen LogP contribution >= 0.6 is 12.4 Å². The molecule has 2 aromatic carbocycles. The molecule has 2 atom stereocenters. The van der Waals surface area contributed by atoms with Crippen molar-refractivity contribution in [3.05, 3.63) is 65.0 Å². The standard InChI is InChI=1S/C28H35F4NO3.ClH/c1-19(2)26-25-9-8-23(29)17-22(25)10-12-27(26,36-20(3)34)13-15-33(4)14-11-21-6-5-7-24(16-21)35-18-28(30,31)32;/h5-9,16-17,19,26H,10-15,18H2,1-4H3;1H/t26-,27-;/m0./s1. The Labute approximate surface area is 222 Å². The van der Waals surface area contributed by atoms with E-state index in [1.165, 1.54) is 19.1 Å². The SMILES string of the molecule is CC(=O)O[C@]1(CCN(C)CCc2cccc(OCC(F)(F)F)c2)CCc2cc(F)ccc2[C@@H]1C(C)C.Cl. The average molecular weight is 546 g/mol. The number of fused-ring (bicyclic) bond motifs is 1. The Morgan fingerprint density at radius 3 is 2.54 bits per heavy atom. The minimum absolute atomic E-state index is 0. The summed E-state index contributed by atoms with van der Waals surface area (Å²) in [7, 11) is 1.97. The highest BCUT2D eigenvalue weighted by Crippen LogP contribution is 2.48. The van der Waals surface area contributed by atoms with Crippen LogP contribution in [0.1, 0.15) is 56.2 Å². The van der Waals surface area contributed by atoms with Crippen molar-refractivity contribution in [2.24, 2.45) is 5.92 Å². The summed E-state index contributed by atoms with van der Waals surface area (Å²) in [5, 5.41) is 0. The van der Waals surface area contributed by atoms with Crippen LogP contribution in [0.2, 0.25) is 0 Å². The molecule has 37 heavy (non-hydrogen) atoms. The second-order valence-corrected chi connectivity index (χ2v) is 10.1. The van der Waals surface area contributed by atoms with Gasteiger partial charge < -0.3 is 14.4 Å². The molecule has 0 amide bonds. The molecule has 0 fully saturated rings. The first-order valence-electron chi connectivity index (χ1n) is 12.3. The van der Waals surface area contributed by atoms with E-state index < -0.39 is 18.4 Å². The van der Waals surface area contributed by atoms with Gasteiger partial charge in [0.05, 0.1) is 0 Å². The van der Waals surface area contributed by atoms with Crippen LogP contribution in [0.15, 0.2) is 42.5 Å². The third-order valence-corrected chi connectivity index (χ3v) is 6.84. The molecule has 0 saturated carbocycles. The van der Waals surface area contributed by atoms with Gasteiger partial charge in [0.25, 0.3) is 0 Å². The summed E-state index contributed by atoms with van der Waals surface area (Å²) in [5.74, 6) is -0.271. The first-order chi connectivity index (χ1) is 16.9. The van der Waals surface area contributed by atoms with Gasteiger partial charge in [0.15, 0.2) is 6.61 Å². The number of carbonyl (C=O) groups excluding carboxylic acids is 1. The second kappa shape index (κ2) is 13.0. The van der Waals surface area contributed by atoms with Gasteiger partial charge in [-0.1, -0.05) is 32.0 Å². The van der Waals surface area contributed by atoms with Gasteiger partial charge in [0, 0.05) is 32.4 Å². The molecule has 0 aliphatic heterocycles. The van der Waals surface area contributed by atoms with Crippen molar-refractivity contribution in [1.29, 1.82) is 0 Å². The lowest BCUT2D eigenvalue weighted by Crippen LogP contribution is -2.48. The number of carbonyl (C=O) groups is 1. The number of rotatable bonds is 10. The highest BCUT2D eigenvalue weighted by molar-refractivity contribution is 5.85. The van der Waals surface area contributed by atoms with Crippen LogP contribution in [0.3, 0.4) is 0 Å². The van der Waals surface area contributed by atoms with Crippen molar-refractivity contribution >= 4 is 18.4 Å². The number of likely N-dealkylation sites (N-methyl/N-ethyl adjacent to an activating group) is 1. The Hall–Kier alpha value is -2.32. The molecule has 4 nitrogen and oxygen atoms in total. The van der Waals surface area contributed by atoms with Gasteiger partial charge in [-0.3, -0.25) is 4.79 Å². The topological polar surface area (TPSA) is 38.8 Å². The highest BCUT2D eigenvalue weighted by atomic mass is 35.5. The van der Waals surface area contributed by atoms with E-state index in [4.69, 9.17) is 9.47 Å². The predicted molar refractivity (Wildman–Crippen MR) is 138 cm³/mol. The van der Waals surface area contributed by atoms with Gasteiger partial charge in [0.1, 0.15) is 17.2 Å². The van der Waals surface area contributed by atoms with E-state index in [0.717, 1.165) is 16.7 Å². The zero-order chi connectivity index (χ0) is 26.5. The molecule has 1 aliphatic rings. The number of hydrogen-bond acceptors (Lipinski definition) is 4. The van der Waals surface area contributed by atoms with Gasteiger partial charge in [-0.2, -0.15) is 13.2 Å². The third kappa shape index (κ3) is 8.60. The van der Waals surface area contributed by atoms with Gasteiger partial charge in [-0.25, -0.2) is 4.39 Å². The maximum atomic E-state index is 13.9. The van der Waals surface area contributed by atoms with Crippen LogP contribution in [0.25, 0.3) is 0 Å². The van der Waals surface area contributed by atoms with Crippen LogP contribution in [-0.2, 0) is 22.4 Å². The average Bonchev–Trinajstić information content (AvgIpc) is 2.79. The Bertz CT molecular complexity index is 1050. The smallest absolute Gasteiger partial charge is 0.422 e. The predicted octanol–water partition coefficient (Wildman–Crippen LogP) is 6.74. The molecule has 0 unspecified atom stereocenters. The normalized spacial score (nSPS) is 19.4. The Kier molecular flexibility index (Phi) is 10.8. The molecule has 0 bridgehead atoms. The quantitative estimate of drug-likeness (QED) is 0.245. The van der Waals surface area contributed by atoms with E-state index in [1.54, 1.807) is 18.2 Å². The van der Waals surface area contributed by atoms with Crippen LogP contribution in [0.4, 0.5) is 17.6 Å². The first-order valence-corrected chi connectivity index (χ1v) is 12.3. The summed E-state index contributed by atoms with van der Waals surface area (Å²) in [4.78, 5) is 14.3. The summed E-state index contributed by atoms with van der Waals surface area (Å²) >= 11 is 0. The van der Waals surface area contributed by atoms with Crippen molar-refractivity contribution in [1.82, 2.24) is 4.90 Å². The maximum Gasteiger partial charge on any atom is 0.422 e. The molecule has 0 spiro atoms. The maximum absolute atomic E-state index is 13.9. The summed E-state index contributed by atoms with van der Waals surface area (Å²) < 4.78 is 62.1. The van der Waals surface area contributed by atoms with Crippen LogP contribution in [-0.4, -0.2) is 49.4 Å². The Morgan fingerprint density at radius 2 is 1.89 bits per heavy atom. The van der Waals surface area contributed by atoms with E-state index in [-0.39, 0.29) is 41.8 Å². The van der Waals surface area contributed by atoms with E-state index >= 15 is 0 Å². The minimum atomic E-state index is -4.38. The summed E-state index contributed by atoms with van der Waals surface area (Å²) in [6, 6.07) is 11.6. The number of ether oxygens (including phenoxy) is 2. The van der Waals surface area contributed by atoms with Gasteiger partial charge in [-0.05, 0) is 73.2 Å². The molecule has 1 aliphatic carbocycles. The largest absolute Gasteiger partial charge is 0.484 e. The van der Waals surface area contributed by atoms with E-state index in [9.17, 15) is 22.4 Å². The molecule has 0 N–H and O–H groups in total. The fourth-order valence-corrected chi connectivity index (χ4v) is 5.35. The fraction of sp³-hybridized carbons (Fsp3) is 0.536. The zero-order valence-electron chi connectivity index (χ0n) is 21.7.